The molecule has 1 aromatic rings. The number of carbonyl (C=O) groups excluding carboxylic acids is 1. The first-order chi connectivity index (χ1) is 6.74. The molecular formula is C11H10O3. The lowest BCUT2D eigenvalue weighted by Gasteiger charge is -1.96. The van der Waals surface area contributed by atoms with Gasteiger partial charge in [0.2, 0.25) is 0 Å². The van der Waals surface area contributed by atoms with Crippen LogP contribution in [0.4, 0.5) is 0 Å². The Kier molecular flexibility index (Phi) is 3.61. The molecule has 72 valence electrons. The zero-order valence-corrected chi connectivity index (χ0v) is 7.51. The first-order valence-electron chi connectivity index (χ1n) is 4.16. The van der Waals surface area contributed by atoms with Gasteiger partial charge in [-0.25, -0.2) is 0 Å². The van der Waals surface area contributed by atoms with Crippen LogP contribution in [-0.4, -0.2) is 17.4 Å². The molecule has 0 aromatic heterocycles. The van der Waals surface area contributed by atoms with Crippen LogP contribution in [0.3, 0.4) is 0 Å². The summed E-state index contributed by atoms with van der Waals surface area (Å²) in [6.07, 6.45) is 3.87. The molecule has 3 heteroatoms. The molecule has 14 heavy (non-hydrogen) atoms. The molecule has 0 saturated heterocycles. The Hall–Kier alpha value is -1.90. The van der Waals surface area contributed by atoms with Gasteiger partial charge in [-0.05, 0) is 5.56 Å². The van der Waals surface area contributed by atoms with Crippen molar-refractivity contribution in [1.29, 1.82) is 0 Å². The number of aliphatic carboxylic acids is 1. The second-order valence-corrected chi connectivity index (χ2v) is 2.75. The molecule has 0 spiro atoms. The van der Waals surface area contributed by atoms with Gasteiger partial charge >= 0.3 is 5.97 Å². The van der Waals surface area contributed by atoms with Crippen molar-refractivity contribution in [3.8, 4) is 0 Å². The van der Waals surface area contributed by atoms with E-state index in [1.54, 1.807) is 30.3 Å². The monoisotopic (exact) mass is 190 g/mol. The highest BCUT2D eigenvalue weighted by Gasteiger charge is 1.96. The number of hydrogen-bond acceptors (Lipinski definition) is 2. The van der Waals surface area contributed by atoms with E-state index in [9.17, 15) is 9.59 Å². The average molecular weight is 190 g/mol. The standard InChI is InChI=1S/C11H10O3/c12-8-10-5-2-1-4-9(10)6-3-7-11(13)14/h1-6,8H,7H2,(H,13,14)/b6-3+. The van der Waals surface area contributed by atoms with E-state index in [2.05, 4.69) is 0 Å². The Morgan fingerprint density at radius 2 is 1.93 bits per heavy atom. The zero-order valence-electron chi connectivity index (χ0n) is 7.51. The van der Waals surface area contributed by atoms with Crippen LogP contribution in [0.2, 0.25) is 0 Å². The fourth-order valence-electron chi connectivity index (χ4n) is 1.06. The largest absolute Gasteiger partial charge is 0.481 e. The SMILES string of the molecule is O=Cc1ccccc1/C=C/CC(=O)O. The van der Waals surface area contributed by atoms with Gasteiger partial charge in [-0.1, -0.05) is 36.4 Å². The normalized spacial score (nSPS) is 10.3. The van der Waals surface area contributed by atoms with E-state index in [0.29, 0.717) is 5.56 Å². The molecule has 0 aliphatic rings. The Balaban J connectivity index is 2.80. The third kappa shape index (κ3) is 2.86. The molecule has 0 aliphatic carbocycles. The number of benzene rings is 1. The quantitative estimate of drug-likeness (QED) is 0.738. The van der Waals surface area contributed by atoms with Gasteiger partial charge < -0.3 is 5.11 Å². The van der Waals surface area contributed by atoms with Gasteiger partial charge in [-0.3, -0.25) is 9.59 Å². The summed E-state index contributed by atoms with van der Waals surface area (Å²) in [6, 6.07) is 7.02. The van der Waals surface area contributed by atoms with Gasteiger partial charge in [0.25, 0.3) is 0 Å². The second-order valence-electron chi connectivity index (χ2n) is 2.75. The van der Waals surface area contributed by atoms with Crippen LogP contribution in [0.1, 0.15) is 22.3 Å². The predicted molar refractivity (Wildman–Crippen MR) is 53.1 cm³/mol. The number of aldehydes is 1. The fourth-order valence-corrected chi connectivity index (χ4v) is 1.06. The molecule has 0 amide bonds. The lowest BCUT2D eigenvalue weighted by atomic mass is 10.1. The number of rotatable bonds is 4. The summed E-state index contributed by atoms with van der Waals surface area (Å²) in [5.41, 5.74) is 1.30. The van der Waals surface area contributed by atoms with Gasteiger partial charge in [-0.15, -0.1) is 0 Å². The van der Waals surface area contributed by atoms with Gasteiger partial charge in [0.1, 0.15) is 0 Å². The highest BCUT2D eigenvalue weighted by molar-refractivity contribution is 5.82. The Bertz CT molecular complexity index is 367. The summed E-state index contributed by atoms with van der Waals surface area (Å²) in [4.78, 5) is 20.8. The van der Waals surface area contributed by atoms with Crippen LogP contribution >= 0.6 is 0 Å². The predicted octanol–water partition coefficient (Wildman–Crippen LogP) is 1.99. The molecule has 0 unspecified atom stereocenters. The summed E-state index contributed by atoms with van der Waals surface area (Å²) in [7, 11) is 0. The third-order valence-electron chi connectivity index (χ3n) is 1.71. The molecule has 0 atom stereocenters. The van der Waals surface area contributed by atoms with E-state index in [0.717, 1.165) is 11.8 Å². The van der Waals surface area contributed by atoms with Gasteiger partial charge in [-0.2, -0.15) is 0 Å². The lowest BCUT2D eigenvalue weighted by Crippen LogP contribution is -1.90. The Morgan fingerprint density at radius 1 is 1.29 bits per heavy atom. The van der Waals surface area contributed by atoms with Gasteiger partial charge in [0.05, 0.1) is 6.42 Å². The number of hydrogen-bond donors (Lipinski definition) is 1. The maximum Gasteiger partial charge on any atom is 0.307 e. The van der Waals surface area contributed by atoms with E-state index in [4.69, 9.17) is 5.11 Å². The summed E-state index contributed by atoms with van der Waals surface area (Å²) < 4.78 is 0. The van der Waals surface area contributed by atoms with Crippen molar-refractivity contribution in [2.75, 3.05) is 0 Å². The molecule has 1 rings (SSSR count). The molecule has 0 fully saturated rings. The molecule has 0 bridgehead atoms. The van der Waals surface area contributed by atoms with E-state index in [1.807, 2.05) is 0 Å². The Labute approximate surface area is 81.7 Å². The maximum absolute atomic E-state index is 10.6. The van der Waals surface area contributed by atoms with E-state index in [-0.39, 0.29) is 6.42 Å². The van der Waals surface area contributed by atoms with Crippen LogP contribution in [0, 0.1) is 0 Å². The van der Waals surface area contributed by atoms with Crippen LogP contribution in [0.25, 0.3) is 6.08 Å². The maximum atomic E-state index is 10.6. The van der Waals surface area contributed by atoms with Crippen LogP contribution in [0.5, 0.6) is 0 Å². The van der Waals surface area contributed by atoms with Crippen molar-refractivity contribution in [2.45, 2.75) is 6.42 Å². The second kappa shape index (κ2) is 4.97. The van der Waals surface area contributed by atoms with E-state index < -0.39 is 5.97 Å². The fraction of sp³-hybridized carbons (Fsp3) is 0.0909. The molecule has 0 heterocycles. The minimum absolute atomic E-state index is 0.0345. The third-order valence-corrected chi connectivity index (χ3v) is 1.71. The summed E-state index contributed by atoms with van der Waals surface area (Å²) in [6.45, 7) is 0. The Morgan fingerprint density at radius 3 is 2.50 bits per heavy atom. The van der Waals surface area contributed by atoms with Crippen molar-refractivity contribution in [2.24, 2.45) is 0 Å². The van der Waals surface area contributed by atoms with Crippen molar-refractivity contribution in [3.63, 3.8) is 0 Å². The summed E-state index contributed by atoms with van der Waals surface area (Å²) in [5, 5.41) is 8.40. The number of carbonyl (C=O) groups is 2. The molecule has 1 N–H and O–H groups in total. The summed E-state index contributed by atoms with van der Waals surface area (Å²) in [5.74, 6) is -0.884. The van der Waals surface area contributed by atoms with E-state index in [1.165, 1.54) is 6.08 Å². The molecule has 0 saturated carbocycles. The number of carboxylic acids is 1. The first kappa shape index (κ1) is 10.2. The topological polar surface area (TPSA) is 54.4 Å². The minimum atomic E-state index is -0.884. The lowest BCUT2D eigenvalue weighted by molar-refractivity contribution is -0.135. The van der Waals surface area contributed by atoms with Gasteiger partial charge in [0, 0.05) is 5.56 Å². The minimum Gasteiger partial charge on any atom is -0.481 e. The highest BCUT2D eigenvalue weighted by Crippen LogP contribution is 2.08. The van der Waals surface area contributed by atoms with E-state index >= 15 is 0 Å². The van der Waals surface area contributed by atoms with Crippen molar-refractivity contribution < 1.29 is 14.7 Å². The molecule has 1 aromatic carbocycles. The van der Waals surface area contributed by atoms with Crippen molar-refractivity contribution in [1.82, 2.24) is 0 Å². The van der Waals surface area contributed by atoms with Crippen LogP contribution < -0.4 is 0 Å². The smallest absolute Gasteiger partial charge is 0.307 e. The zero-order chi connectivity index (χ0) is 10.4. The highest BCUT2D eigenvalue weighted by atomic mass is 16.4. The van der Waals surface area contributed by atoms with Crippen LogP contribution in [0.15, 0.2) is 30.3 Å². The van der Waals surface area contributed by atoms with Crippen LogP contribution in [-0.2, 0) is 4.79 Å². The summed E-state index contributed by atoms with van der Waals surface area (Å²) >= 11 is 0. The van der Waals surface area contributed by atoms with Gasteiger partial charge in [0.15, 0.2) is 6.29 Å². The number of carboxylic acid groups (broad SMARTS) is 1. The molecular weight excluding hydrogens is 180 g/mol. The average Bonchev–Trinajstić information content (AvgIpc) is 2.18. The molecule has 0 radical (unpaired) electrons. The molecule has 0 aliphatic heterocycles. The van der Waals surface area contributed by atoms with Crippen molar-refractivity contribution in [3.05, 3.63) is 41.5 Å². The van der Waals surface area contributed by atoms with Crippen molar-refractivity contribution >= 4 is 18.3 Å². The molecule has 3 nitrogen and oxygen atoms in total. The first-order valence-corrected chi connectivity index (χ1v) is 4.16.